The first kappa shape index (κ1) is 15.9. The van der Waals surface area contributed by atoms with Crippen LogP contribution in [0.2, 0.25) is 0 Å². The average molecular weight is 358 g/mol. The van der Waals surface area contributed by atoms with Crippen LogP contribution in [0.4, 0.5) is 0 Å². The highest BCUT2D eigenvalue weighted by Gasteiger charge is 2.23. The SMILES string of the molecule is c1ccc2c(C3CCc4c(ccc5c4ccc4ccccc45)C3)cccc2c1. The highest BCUT2D eigenvalue weighted by atomic mass is 14.3. The Hall–Kier alpha value is -3.12. The summed E-state index contributed by atoms with van der Waals surface area (Å²) in [5, 5.41) is 8.34. The lowest BCUT2D eigenvalue weighted by atomic mass is 9.77. The average Bonchev–Trinajstić information content (AvgIpc) is 2.78. The van der Waals surface area contributed by atoms with E-state index in [4.69, 9.17) is 0 Å². The second-order valence-corrected chi connectivity index (χ2v) is 8.09. The largest absolute Gasteiger partial charge is 0.0616 e. The van der Waals surface area contributed by atoms with Crippen molar-refractivity contribution in [3.8, 4) is 0 Å². The fourth-order valence-corrected chi connectivity index (χ4v) is 5.24. The summed E-state index contributed by atoms with van der Waals surface area (Å²) >= 11 is 0. The van der Waals surface area contributed by atoms with E-state index in [2.05, 4.69) is 91.0 Å². The molecule has 1 aliphatic rings. The molecule has 0 fully saturated rings. The molecule has 0 saturated carbocycles. The molecule has 0 amide bonds. The van der Waals surface area contributed by atoms with Crippen molar-refractivity contribution in [1.82, 2.24) is 0 Å². The molecule has 1 aliphatic carbocycles. The van der Waals surface area contributed by atoms with E-state index >= 15 is 0 Å². The third-order valence-corrected chi connectivity index (χ3v) is 6.61. The van der Waals surface area contributed by atoms with E-state index in [1.807, 2.05) is 0 Å². The summed E-state index contributed by atoms with van der Waals surface area (Å²) in [5.41, 5.74) is 4.62. The molecule has 5 aromatic rings. The van der Waals surface area contributed by atoms with E-state index in [1.54, 1.807) is 5.56 Å². The van der Waals surface area contributed by atoms with Crippen molar-refractivity contribution < 1.29 is 0 Å². The molecular weight excluding hydrogens is 336 g/mol. The van der Waals surface area contributed by atoms with E-state index in [-0.39, 0.29) is 0 Å². The van der Waals surface area contributed by atoms with Gasteiger partial charge in [-0.3, -0.25) is 0 Å². The molecule has 0 heterocycles. The Morgan fingerprint density at radius 3 is 2.14 bits per heavy atom. The maximum atomic E-state index is 2.39. The number of rotatable bonds is 1. The van der Waals surface area contributed by atoms with Gasteiger partial charge in [-0.15, -0.1) is 0 Å². The number of benzene rings is 5. The minimum Gasteiger partial charge on any atom is -0.0616 e. The third kappa shape index (κ3) is 2.38. The lowest BCUT2D eigenvalue weighted by Gasteiger charge is -2.27. The van der Waals surface area contributed by atoms with Crippen molar-refractivity contribution in [3.63, 3.8) is 0 Å². The van der Waals surface area contributed by atoms with Crippen molar-refractivity contribution in [1.29, 1.82) is 0 Å². The molecule has 0 N–H and O–H groups in total. The Kier molecular flexibility index (Phi) is 3.52. The van der Waals surface area contributed by atoms with Crippen LogP contribution in [0.5, 0.6) is 0 Å². The Bertz CT molecular complexity index is 1340. The molecule has 6 rings (SSSR count). The van der Waals surface area contributed by atoms with Gasteiger partial charge >= 0.3 is 0 Å². The van der Waals surface area contributed by atoms with Crippen LogP contribution >= 0.6 is 0 Å². The standard InChI is InChI=1S/C28H22/c1-3-9-23-19(6-1)8-5-11-25(23)21-13-15-26-22(18-21)14-17-27-24-10-4-2-7-20(24)12-16-28(26)27/h1-12,14,16-17,21H,13,15,18H2. The zero-order valence-corrected chi connectivity index (χ0v) is 15.9. The maximum Gasteiger partial charge on any atom is -0.0102 e. The van der Waals surface area contributed by atoms with Gasteiger partial charge in [0.1, 0.15) is 0 Å². The van der Waals surface area contributed by atoms with Gasteiger partial charge in [-0.1, -0.05) is 91.0 Å². The van der Waals surface area contributed by atoms with Gasteiger partial charge in [0.25, 0.3) is 0 Å². The Labute approximate surface area is 165 Å². The molecule has 0 heteroatoms. The van der Waals surface area contributed by atoms with Gasteiger partial charge in [-0.25, -0.2) is 0 Å². The fraction of sp³-hybridized carbons (Fsp3) is 0.143. The van der Waals surface area contributed by atoms with Crippen molar-refractivity contribution in [2.75, 3.05) is 0 Å². The summed E-state index contributed by atoms with van der Waals surface area (Å²) in [7, 11) is 0. The van der Waals surface area contributed by atoms with Crippen molar-refractivity contribution in [2.24, 2.45) is 0 Å². The van der Waals surface area contributed by atoms with Gasteiger partial charge < -0.3 is 0 Å². The summed E-state index contributed by atoms with van der Waals surface area (Å²) < 4.78 is 0. The van der Waals surface area contributed by atoms with E-state index < -0.39 is 0 Å². The van der Waals surface area contributed by atoms with Crippen LogP contribution in [-0.4, -0.2) is 0 Å². The summed E-state index contributed by atoms with van der Waals surface area (Å²) in [6, 6.07) is 33.7. The molecule has 0 nitrogen and oxygen atoms in total. The normalized spacial score (nSPS) is 16.5. The third-order valence-electron chi connectivity index (χ3n) is 6.61. The van der Waals surface area contributed by atoms with Gasteiger partial charge in [0, 0.05) is 0 Å². The highest BCUT2D eigenvalue weighted by Crippen LogP contribution is 2.39. The second-order valence-electron chi connectivity index (χ2n) is 8.09. The van der Waals surface area contributed by atoms with Crippen LogP contribution in [0.25, 0.3) is 32.3 Å². The number of aryl methyl sites for hydroxylation is 1. The van der Waals surface area contributed by atoms with Crippen LogP contribution in [0.3, 0.4) is 0 Å². The predicted octanol–water partition coefficient (Wildman–Crippen LogP) is 7.42. The van der Waals surface area contributed by atoms with Crippen LogP contribution < -0.4 is 0 Å². The molecule has 1 unspecified atom stereocenters. The van der Waals surface area contributed by atoms with Crippen LogP contribution in [0, 0.1) is 0 Å². The second kappa shape index (κ2) is 6.21. The first-order chi connectivity index (χ1) is 13.9. The summed E-state index contributed by atoms with van der Waals surface area (Å²) in [5.74, 6) is 0.608. The predicted molar refractivity (Wildman–Crippen MR) is 120 cm³/mol. The molecule has 0 radical (unpaired) electrons. The molecule has 28 heavy (non-hydrogen) atoms. The zero-order chi connectivity index (χ0) is 18.5. The number of hydrogen-bond donors (Lipinski definition) is 0. The van der Waals surface area contributed by atoms with Crippen LogP contribution in [-0.2, 0) is 12.8 Å². The van der Waals surface area contributed by atoms with Gasteiger partial charge in [-0.05, 0) is 74.2 Å². The highest BCUT2D eigenvalue weighted by molar-refractivity contribution is 6.08. The van der Waals surface area contributed by atoms with E-state index in [1.165, 1.54) is 56.3 Å². The lowest BCUT2D eigenvalue weighted by Crippen LogP contribution is -2.13. The van der Waals surface area contributed by atoms with Crippen LogP contribution in [0.1, 0.15) is 29.0 Å². The molecule has 134 valence electrons. The smallest absolute Gasteiger partial charge is 0.0102 e. The molecule has 0 bridgehead atoms. The van der Waals surface area contributed by atoms with E-state index in [9.17, 15) is 0 Å². The molecular formula is C28H22. The molecule has 5 aromatic carbocycles. The topological polar surface area (TPSA) is 0 Å². The quantitative estimate of drug-likeness (QED) is 0.273. The minimum atomic E-state index is 0.608. The molecule has 1 atom stereocenters. The first-order valence-corrected chi connectivity index (χ1v) is 10.3. The van der Waals surface area contributed by atoms with Gasteiger partial charge in [0.15, 0.2) is 0 Å². The first-order valence-electron chi connectivity index (χ1n) is 10.3. The minimum absolute atomic E-state index is 0.608. The fourth-order valence-electron chi connectivity index (χ4n) is 5.24. The van der Waals surface area contributed by atoms with Crippen molar-refractivity contribution in [2.45, 2.75) is 25.2 Å². The Morgan fingerprint density at radius 1 is 0.536 bits per heavy atom. The van der Waals surface area contributed by atoms with Crippen molar-refractivity contribution in [3.05, 3.63) is 108 Å². The van der Waals surface area contributed by atoms with Gasteiger partial charge in [-0.2, -0.15) is 0 Å². The molecule has 0 aromatic heterocycles. The van der Waals surface area contributed by atoms with E-state index in [0.29, 0.717) is 5.92 Å². The van der Waals surface area contributed by atoms with Crippen molar-refractivity contribution >= 4 is 32.3 Å². The molecule has 0 spiro atoms. The van der Waals surface area contributed by atoms with Gasteiger partial charge in [0.05, 0.1) is 0 Å². The van der Waals surface area contributed by atoms with E-state index in [0.717, 1.165) is 6.42 Å². The zero-order valence-electron chi connectivity index (χ0n) is 15.9. The Morgan fingerprint density at radius 2 is 1.25 bits per heavy atom. The number of fused-ring (bicyclic) bond motifs is 6. The summed E-state index contributed by atoms with van der Waals surface area (Å²) in [6.45, 7) is 0. The monoisotopic (exact) mass is 358 g/mol. The summed E-state index contributed by atoms with van der Waals surface area (Å²) in [6.07, 6.45) is 3.54. The Balaban J connectivity index is 1.47. The maximum absolute atomic E-state index is 2.39. The number of hydrogen-bond acceptors (Lipinski definition) is 0. The van der Waals surface area contributed by atoms with Crippen LogP contribution in [0.15, 0.2) is 91.0 Å². The van der Waals surface area contributed by atoms with Gasteiger partial charge in [0.2, 0.25) is 0 Å². The summed E-state index contributed by atoms with van der Waals surface area (Å²) in [4.78, 5) is 0. The molecule has 0 aliphatic heterocycles. The molecule has 0 saturated heterocycles. The lowest BCUT2D eigenvalue weighted by molar-refractivity contribution is 0.591.